The zero-order chi connectivity index (χ0) is 78.9. The van der Waals surface area contributed by atoms with Crippen LogP contribution < -0.4 is 0 Å². The van der Waals surface area contributed by atoms with E-state index in [2.05, 4.69) is 69.9 Å². The topological polar surface area (TPSA) is 160 Å². The SMILES string of the molecule is C=Cc1ccc(Cl)c2scc(C(=O)OC(C)(C)C)c12.C=[CH][Sn]([CH2]CCC)([CH2]CCC)[CH2]CCC.CC(C)(C)OC(=O)c1csc2c(Cl)ccc(Br)c12.CC(C)(C)OC(=O)c1csc2c(Cl)ccc(C(F)F)c12.CC(C)(C)OC(=O)c1csc2c(Cl)ccc(C=O)c12.O=C(O)c1csc2c(Cl)ccc(Br)c12. The minimum atomic E-state index is -2.68. The summed E-state index contributed by atoms with van der Waals surface area (Å²) in [6.45, 7) is 36.6. The van der Waals surface area contributed by atoms with Crippen molar-refractivity contribution in [1.82, 2.24) is 0 Å². The Morgan fingerprint density at radius 1 is 0.457 bits per heavy atom. The molecule has 0 spiro atoms. The number of hydrogen-bond acceptors (Lipinski definition) is 15. The molecule has 566 valence electrons. The van der Waals surface area contributed by atoms with Gasteiger partial charge >= 0.3 is 132 Å². The third kappa shape index (κ3) is 25.8. The van der Waals surface area contributed by atoms with Crippen LogP contribution in [0.15, 0.2) is 114 Å². The molecule has 0 aliphatic carbocycles. The Hall–Kier alpha value is -4.53. The summed E-state index contributed by atoms with van der Waals surface area (Å²) in [6, 6.07) is 16.8. The van der Waals surface area contributed by atoms with E-state index in [4.69, 9.17) is 82.1 Å². The molecule has 5 aromatic heterocycles. The molecule has 0 unspecified atom stereocenters. The number of carboxylic acids is 1. The second-order valence-electron chi connectivity index (χ2n) is 28.0. The first-order valence-corrected chi connectivity index (χ1v) is 49.0. The molecule has 0 radical (unpaired) electrons. The molecule has 26 heteroatoms. The second kappa shape index (κ2) is 40.4. The Kier molecular flexibility index (Phi) is 35.1. The number of halogens is 9. The molecule has 0 aliphatic rings. The largest absolute Gasteiger partial charge is 0.478 e. The van der Waals surface area contributed by atoms with Gasteiger partial charge in [-0.25, -0.2) is 32.8 Å². The zero-order valence-electron chi connectivity index (χ0n) is 61.2. The molecule has 11 nitrogen and oxygen atoms in total. The van der Waals surface area contributed by atoms with E-state index in [-0.39, 0.29) is 28.5 Å². The van der Waals surface area contributed by atoms with Crippen LogP contribution in [0.25, 0.3) is 56.5 Å². The van der Waals surface area contributed by atoms with Crippen LogP contribution in [0.1, 0.15) is 222 Å². The number of thiophene rings is 5. The van der Waals surface area contributed by atoms with E-state index in [1.807, 2.05) is 65.8 Å². The van der Waals surface area contributed by atoms with Crippen molar-refractivity contribution in [3.8, 4) is 0 Å². The summed E-state index contributed by atoms with van der Waals surface area (Å²) < 4.78 is 60.2. The normalized spacial score (nSPS) is 11.6. The minimum absolute atomic E-state index is 0.137. The molecule has 0 atom stereocenters. The van der Waals surface area contributed by atoms with Gasteiger partial charge in [0.1, 0.15) is 22.4 Å². The summed E-state index contributed by atoms with van der Waals surface area (Å²) in [5, 5.41) is 23.1. The van der Waals surface area contributed by atoms with Crippen LogP contribution in [0.4, 0.5) is 8.78 Å². The summed E-state index contributed by atoms with van der Waals surface area (Å²) >= 11 is 41.9. The number of benzene rings is 5. The van der Waals surface area contributed by atoms with Crippen molar-refractivity contribution in [1.29, 1.82) is 0 Å². The van der Waals surface area contributed by atoms with Crippen molar-refractivity contribution in [3.05, 3.63) is 183 Å². The van der Waals surface area contributed by atoms with Gasteiger partial charge in [0.25, 0.3) is 6.43 Å². The molecule has 0 fully saturated rings. The number of alkyl halides is 2. The van der Waals surface area contributed by atoms with E-state index in [0.717, 1.165) is 61.7 Å². The standard InChI is InChI=1S/C15H15ClO2S.C14H13ClF2O2S.C14H13ClO3S.C13H12BrClO2S.C9H4BrClO2S.3C4H9.C2H3.Sn/c1-5-9-6-7-11(16)13-12(9)10(8-19-13)14(17)18-15(2,3)4;1-14(2,3)19-13(18)8-6-20-11-9(15)5-4-7(10(8)11)12(16)17;1-14(2,3)18-13(17)9-7-19-12-10(15)5-4-8(6-16)11(9)12;1-13(2,3)17-12(16)7-6-18-11-9(15)5-4-8(14)10(7)11;10-5-1-2-6(11)8-7(5)4(3-14-8)9(12)13;3*1-3-4-2;1-2;/h5-8H,1H2,2-4H3;4-6,12H,1-3H3;4-7H,1-3H3;4-6H,1-3H3;1-3H,(H,12,13);3*1,3-4H2,2H3;1H,2H2;. The first-order chi connectivity index (χ1) is 49.0. The van der Waals surface area contributed by atoms with Crippen LogP contribution in [-0.2, 0) is 18.9 Å². The van der Waals surface area contributed by atoms with Crippen LogP contribution in [-0.4, -0.2) is 82.0 Å². The molecule has 0 saturated heterocycles. The Labute approximate surface area is 680 Å². The van der Waals surface area contributed by atoms with Crippen molar-refractivity contribution >= 4 is 258 Å². The molecular formula is C79H87Br2Cl5F2O11S5Sn. The molecule has 5 aromatic carbocycles. The van der Waals surface area contributed by atoms with Gasteiger partial charge in [-0.1, -0.05) is 115 Å². The molecule has 1 N–H and O–H groups in total. The van der Waals surface area contributed by atoms with E-state index in [1.165, 1.54) is 101 Å². The van der Waals surface area contributed by atoms with E-state index in [9.17, 15) is 37.5 Å². The Bertz CT molecular complexity index is 4610. The summed E-state index contributed by atoms with van der Waals surface area (Å²) in [5.74, 6) is -2.64. The molecule has 10 aromatic rings. The number of fused-ring (bicyclic) bond motifs is 5. The van der Waals surface area contributed by atoms with Crippen molar-refractivity contribution in [2.24, 2.45) is 0 Å². The molecule has 0 amide bonds. The number of hydrogen-bond donors (Lipinski definition) is 1. The number of ether oxygens (including phenoxy) is 4. The van der Waals surface area contributed by atoms with Gasteiger partial charge in [-0.2, -0.15) is 0 Å². The predicted molar refractivity (Wildman–Crippen MR) is 453 cm³/mol. The predicted octanol–water partition coefficient (Wildman–Crippen LogP) is 29.8. The number of aromatic carboxylic acids is 1. The van der Waals surface area contributed by atoms with Gasteiger partial charge in [0.2, 0.25) is 0 Å². The van der Waals surface area contributed by atoms with Crippen molar-refractivity contribution < 1.29 is 61.6 Å². The number of unbranched alkanes of at least 4 members (excludes halogenated alkanes) is 3. The molecule has 0 aliphatic heterocycles. The molecule has 10 rings (SSSR count). The van der Waals surface area contributed by atoms with Crippen LogP contribution in [0.3, 0.4) is 0 Å². The van der Waals surface area contributed by atoms with E-state index in [1.54, 1.807) is 107 Å². The molecule has 105 heavy (non-hydrogen) atoms. The monoisotopic (exact) mass is 1860 g/mol. The number of rotatable bonds is 18. The zero-order valence-corrected chi connectivity index (χ0v) is 75.1. The fourth-order valence-corrected chi connectivity index (χ4v) is 31.0. The molecule has 0 bridgehead atoms. The van der Waals surface area contributed by atoms with Crippen LogP contribution in [0.5, 0.6) is 0 Å². The summed E-state index contributed by atoms with van der Waals surface area (Å²) in [7, 11) is 0. The average Bonchev–Trinajstić information content (AvgIpc) is 1.68. The Balaban J connectivity index is 0.000000227. The maximum atomic E-state index is 13.1. The molecular weight excluding hydrogens is 1780 g/mol. The summed E-state index contributed by atoms with van der Waals surface area (Å²) in [4.78, 5) is 70.6. The van der Waals surface area contributed by atoms with Gasteiger partial charge in [0.05, 0.1) is 76.4 Å². The first-order valence-electron chi connectivity index (χ1n) is 33.5. The van der Waals surface area contributed by atoms with Gasteiger partial charge in [-0.05, 0) is 137 Å². The summed E-state index contributed by atoms with van der Waals surface area (Å²) in [6.07, 6.45) is 8.23. The van der Waals surface area contributed by atoms with E-state index in [0.29, 0.717) is 68.4 Å². The molecule has 0 saturated carbocycles. The van der Waals surface area contributed by atoms with Crippen LogP contribution in [0, 0.1) is 0 Å². The van der Waals surface area contributed by atoms with Crippen molar-refractivity contribution in [3.63, 3.8) is 0 Å². The fraction of sp³-hybridized carbons (Fsp3) is 0.367. The Morgan fingerprint density at radius 3 is 1.04 bits per heavy atom. The van der Waals surface area contributed by atoms with Crippen LogP contribution in [0.2, 0.25) is 38.4 Å². The smallest absolute Gasteiger partial charge is 0.340 e. The second-order valence-corrected chi connectivity index (χ2v) is 49.4. The fourth-order valence-electron chi connectivity index (χ4n) is 10.4. The third-order valence-corrected chi connectivity index (χ3v) is 37.7. The van der Waals surface area contributed by atoms with E-state index < -0.39 is 65.1 Å². The average molecular weight is 1870 g/mol. The quantitative estimate of drug-likeness (QED) is 0.0377. The minimum Gasteiger partial charge on any atom is -0.478 e. The Morgan fingerprint density at radius 2 is 0.733 bits per heavy atom. The van der Waals surface area contributed by atoms with Gasteiger partial charge < -0.3 is 24.1 Å². The third-order valence-electron chi connectivity index (χ3n) is 15.2. The maximum Gasteiger partial charge on any atom is 0.340 e. The summed E-state index contributed by atoms with van der Waals surface area (Å²) in [5.41, 5.74) is 0.771. The van der Waals surface area contributed by atoms with Gasteiger partial charge in [0.15, 0.2) is 6.29 Å². The number of carbonyl (C=O) groups is 6. The number of carboxylic acid groups (broad SMARTS) is 1. The van der Waals surface area contributed by atoms with Gasteiger partial charge in [-0.15, -0.1) is 56.7 Å². The van der Waals surface area contributed by atoms with E-state index >= 15 is 0 Å². The van der Waals surface area contributed by atoms with Gasteiger partial charge in [-0.3, -0.25) is 4.79 Å². The number of aldehydes is 1. The first kappa shape index (κ1) is 91.1. The number of carbonyl (C=O) groups excluding carboxylic acids is 5. The van der Waals surface area contributed by atoms with Gasteiger partial charge in [0, 0.05) is 73.9 Å². The maximum absolute atomic E-state index is 13.1. The van der Waals surface area contributed by atoms with Crippen molar-refractivity contribution in [2.75, 3.05) is 0 Å². The van der Waals surface area contributed by atoms with Crippen molar-refractivity contribution in [2.45, 2.75) is 185 Å². The van der Waals surface area contributed by atoms with Crippen LogP contribution >= 0.6 is 147 Å². The molecule has 5 heterocycles. The number of esters is 4.